The van der Waals surface area contributed by atoms with Gasteiger partial charge in [0.25, 0.3) is 0 Å². The first kappa shape index (κ1) is 26.5. The SMILES string of the molecule is COc1ccc2nccc([C@@H](N)CC[C@@H]3CCN(CC#Cc4cc(F)cc(F)c4)C[C@@H]3CC(=O)O)c2c1. The molecule has 6 nitrogen and oxygen atoms in total. The van der Waals surface area contributed by atoms with E-state index in [1.165, 1.54) is 12.1 Å². The number of likely N-dealkylation sites (tertiary alicyclic amines) is 1. The number of aromatic nitrogens is 1. The van der Waals surface area contributed by atoms with Crippen LogP contribution >= 0.6 is 0 Å². The van der Waals surface area contributed by atoms with Crippen LogP contribution in [0.3, 0.4) is 0 Å². The van der Waals surface area contributed by atoms with Crippen LogP contribution in [-0.4, -0.2) is 47.7 Å². The van der Waals surface area contributed by atoms with Crippen LogP contribution in [0.2, 0.25) is 0 Å². The first-order valence-electron chi connectivity index (χ1n) is 12.4. The summed E-state index contributed by atoms with van der Waals surface area (Å²) in [7, 11) is 1.62. The van der Waals surface area contributed by atoms with Crippen molar-refractivity contribution in [3.63, 3.8) is 0 Å². The molecule has 0 saturated carbocycles. The van der Waals surface area contributed by atoms with Gasteiger partial charge in [-0.05, 0) is 79.6 Å². The summed E-state index contributed by atoms with van der Waals surface area (Å²) in [6, 6.07) is 10.7. The number of carbonyl (C=O) groups is 1. The number of rotatable bonds is 8. The zero-order valence-corrected chi connectivity index (χ0v) is 20.8. The average molecular weight is 508 g/mol. The van der Waals surface area contributed by atoms with Gasteiger partial charge in [-0.2, -0.15) is 0 Å². The molecule has 0 spiro atoms. The molecule has 4 rings (SSSR count). The highest BCUT2D eigenvalue weighted by atomic mass is 19.1. The van der Waals surface area contributed by atoms with E-state index >= 15 is 0 Å². The summed E-state index contributed by atoms with van der Waals surface area (Å²) in [6.45, 7) is 1.79. The minimum absolute atomic E-state index is 0.0267. The second kappa shape index (κ2) is 12.1. The molecule has 0 aliphatic carbocycles. The number of carboxylic acids is 1. The fourth-order valence-corrected chi connectivity index (χ4v) is 5.16. The van der Waals surface area contributed by atoms with Crippen LogP contribution < -0.4 is 10.5 Å². The highest BCUT2D eigenvalue weighted by Gasteiger charge is 2.31. The number of nitrogens with zero attached hydrogens (tertiary/aromatic N) is 2. The van der Waals surface area contributed by atoms with E-state index in [1.807, 2.05) is 24.3 Å². The molecule has 8 heteroatoms. The van der Waals surface area contributed by atoms with E-state index in [1.54, 1.807) is 13.3 Å². The van der Waals surface area contributed by atoms with Crippen molar-refractivity contribution in [3.05, 3.63) is 71.4 Å². The number of nitrogens with two attached hydrogens (primary N) is 1. The van der Waals surface area contributed by atoms with E-state index in [9.17, 15) is 18.7 Å². The average Bonchev–Trinajstić information content (AvgIpc) is 2.86. The molecule has 0 radical (unpaired) electrons. The minimum Gasteiger partial charge on any atom is -0.497 e. The third-order valence-electron chi connectivity index (χ3n) is 7.04. The maximum atomic E-state index is 13.4. The second-order valence-corrected chi connectivity index (χ2v) is 9.57. The Kier molecular flexibility index (Phi) is 8.70. The van der Waals surface area contributed by atoms with Gasteiger partial charge >= 0.3 is 5.97 Å². The molecule has 3 aromatic rings. The Hall–Kier alpha value is -3.54. The molecule has 194 valence electrons. The number of benzene rings is 2. The van der Waals surface area contributed by atoms with Gasteiger partial charge in [-0.1, -0.05) is 11.8 Å². The molecule has 0 bridgehead atoms. The van der Waals surface area contributed by atoms with Crippen molar-refractivity contribution in [2.24, 2.45) is 17.6 Å². The molecule has 37 heavy (non-hydrogen) atoms. The van der Waals surface area contributed by atoms with Gasteiger partial charge in [0.1, 0.15) is 17.4 Å². The Morgan fingerprint density at radius 2 is 2.00 bits per heavy atom. The van der Waals surface area contributed by atoms with Gasteiger partial charge in [-0.3, -0.25) is 14.7 Å². The largest absolute Gasteiger partial charge is 0.497 e. The zero-order chi connectivity index (χ0) is 26.4. The standard InChI is InChI=1S/C29H31F2N3O3/c1-37-24-5-7-28-26(17-24)25(8-10-33-28)27(32)6-4-20-9-12-34(18-21(20)15-29(35)36)11-2-3-19-13-22(30)16-23(31)14-19/h5,7-8,10,13-14,16-17,20-21,27H,4,6,9,11-12,15,18,32H2,1H3,(H,35,36)/t20-,21+,27+/m1/s1. The molecule has 2 aromatic carbocycles. The first-order valence-corrected chi connectivity index (χ1v) is 12.4. The van der Waals surface area contributed by atoms with Gasteiger partial charge < -0.3 is 15.6 Å². The fourth-order valence-electron chi connectivity index (χ4n) is 5.16. The molecular formula is C29H31F2N3O3. The lowest BCUT2D eigenvalue weighted by Crippen LogP contribution is -2.41. The summed E-state index contributed by atoms with van der Waals surface area (Å²) < 4.78 is 32.1. The number of carboxylic acid groups (broad SMARTS) is 1. The van der Waals surface area contributed by atoms with E-state index in [4.69, 9.17) is 10.5 Å². The van der Waals surface area contributed by atoms with E-state index in [2.05, 4.69) is 21.7 Å². The molecule has 0 unspecified atom stereocenters. The summed E-state index contributed by atoms with van der Waals surface area (Å²) in [5, 5.41) is 10.5. The maximum absolute atomic E-state index is 13.4. The van der Waals surface area contributed by atoms with Gasteiger partial charge in [0, 0.05) is 42.2 Å². The summed E-state index contributed by atoms with van der Waals surface area (Å²) in [4.78, 5) is 18.1. The number of hydrogen-bond acceptors (Lipinski definition) is 5. The van der Waals surface area contributed by atoms with Gasteiger partial charge in [-0.15, -0.1) is 0 Å². The molecular weight excluding hydrogens is 476 g/mol. The normalized spacial score (nSPS) is 18.7. The highest BCUT2D eigenvalue weighted by Crippen LogP contribution is 2.34. The molecule has 1 aromatic heterocycles. The van der Waals surface area contributed by atoms with Crippen LogP contribution in [0.15, 0.2) is 48.7 Å². The lowest BCUT2D eigenvalue weighted by atomic mass is 9.79. The molecule has 1 aliphatic heterocycles. The van der Waals surface area contributed by atoms with Crippen LogP contribution in [0.5, 0.6) is 5.75 Å². The number of piperidine rings is 1. The number of pyridine rings is 1. The maximum Gasteiger partial charge on any atom is 0.303 e. The van der Waals surface area contributed by atoms with Crippen molar-refractivity contribution < 1.29 is 23.4 Å². The summed E-state index contributed by atoms with van der Waals surface area (Å²) >= 11 is 0. The number of aliphatic carboxylic acids is 1. The number of hydrogen-bond donors (Lipinski definition) is 2. The number of fused-ring (bicyclic) bond motifs is 1. The number of ether oxygens (including phenoxy) is 1. The molecule has 2 heterocycles. The summed E-state index contributed by atoms with van der Waals surface area (Å²) in [6.07, 6.45) is 4.21. The summed E-state index contributed by atoms with van der Waals surface area (Å²) in [5.41, 5.74) is 8.76. The summed E-state index contributed by atoms with van der Waals surface area (Å²) in [5.74, 6) is 4.57. The van der Waals surface area contributed by atoms with Crippen LogP contribution in [0.1, 0.15) is 42.9 Å². The molecule has 3 N–H and O–H groups in total. The first-order chi connectivity index (χ1) is 17.8. The van der Waals surface area contributed by atoms with E-state index in [0.29, 0.717) is 13.1 Å². The van der Waals surface area contributed by atoms with Crippen molar-refractivity contribution in [2.75, 3.05) is 26.7 Å². The Bertz CT molecular complexity index is 1300. The molecule has 1 saturated heterocycles. The quantitative estimate of drug-likeness (QED) is 0.427. The van der Waals surface area contributed by atoms with Gasteiger partial charge in [0.05, 0.1) is 19.2 Å². The van der Waals surface area contributed by atoms with Gasteiger partial charge in [-0.25, -0.2) is 8.78 Å². The van der Waals surface area contributed by atoms with Gasteiger partial charge in [0.2, 0.25) is 0 Å². The van der Waals surface area contributed by atoms with E-state index in [0.717, 1.165) is 54.1 Å². The lowest BCUT2D eigenvalue weighted by molar-refractivity contribution is -0.139. The molecule has 3 atom stereocenters. The van der Waals surface area contributed by atoms with Crippen molar-refractivity contribution >= 4 is 16.9 Å². The minimum atomic E-state index is -0.824. The van der Waals surface area contributed by atoms with Crippen LogP contribution in [-0.2, 0) is 4.79 Å². The van der Waals surface area contributed by atoms with Crippen molar-refractivity contribution in [1.82, 2.24) is 9.88 Å². The third-order valence-corrected chi connectivity index (χ3v) is 7.04. The molecule has 0 amide bonds. The Morgan fingerprint density at radius 3 is 2.73 bits per heavy atom. The monoisotopic (exact) mass is 507 g/mol. The van der Waals surface area contributed by atoms with Crippen molar-refractivity contribution in [3.8, 4) is 17.6 Å². The predicted molar refractivity (Wildman–Crippen MR) is 138 cm³/mol. The van der Waals surface area contributed by atoms with Crippen molar-refractivity contribution in [2.45, 2.75) is 31.7 Å². The molecule has 1 fully saturated rings. The van der Waals surface area contributed by atoms with Crippen molar-refractivity contribution in [1.29, 1.82) is 0 Å². The van der Waals surface area contributed by atoms with Gasteiger partial charge in [0.15, 0.2) is 0 Å². The highest BCUT2D eigenvalue weighted by molar-refractivity contribution is 5.84. The predicted octanol–water partition coefficient (Wildman–Crippen LogP) is 4.77. The number of methoxy groups -OCH3 is 1. The lowest BCUT2D eigenvalue weighted by Gasteiger charge is -2.37. The Labute approximate surface area is 215 Å². The molecule has 1 aliphatic rings. The fraction of sp³-hybridized carbons (Fsp3) is 0.379. The van der Waals surface area contributed by atoms with Crippen LogP contribution in [0.25, 0.3) is 10.9 Å². The van der Waals surface area contributed by atoms with E-state index in [-0.39, 0.29) is 29.9 Å². The topological polar surface area (TPSA) is 88.7 Å². The van der Waals surface area contributed by atoms with E-state index < -0.39 is 17.6 Å². The van der Waals surface area contributed by atoms with Crippen LogP contribution in [0.4, 0.5) is 8.78 Å². The smallest absolute Gasteiger partial charge is 0.303 e. The van der Waals surface area contributed by atoms with Crippen LogP contribution in [0, 0.1) is 35.3 Å². The Balaban J connectivity index is 1.39. The second-order valence-electron chi connectivity index (χ2n) is 9.57. The third kappa shape index (κ3) is 7.03. The Morgan fingerprint density at radius 1 is 1.22 bits per heavy atom. The zero-order valence-electron chi connectivity index (χ0n) is 20.8. The number of halogens is 2.